The molecule has 0 atom stereocenters. The van der Waals surface area contributed by atoms with Crippen LogP contribution in [0.15, 0.2) is 54.7 Å². The van der Waals surface area contributed by atoms with Crippen molar-refractivity contribution >= 4 is 15.7 Å². The van der Waals surface area contributed by atoms with Gasteiger partial charge in [0.25, 0.3) is 0 Å². The van der Waals surface area contributed by atoms with Crippen molar-refractivity contribution in [2.24, 2.45) is 0 Å². The van der Waals surface area contributed by atoms with Crippen LogP contribution in [0.5, 0.6) is 5.75 Å². The number of benzene rings is 2. The number of sulfone groups is 1. The number of rotatable bonds is 5. The molecule has 0 aliphatic carbocycles. The standard InChI is InChI=1S/C21H22N2O3S/c1-3-18-19(15-7-9-17(24)10-8-15)12-23-21(22)20(18)16-6-4-5-14(11-16)13-27(2,25)26/h4-12,24H,3,13H2,1-2H3,(H2,22,23). The molecule has 0 aliphatic rings. The number of nitrogens with two attached hydrogens (primary N) is 1. The lowest BCUT2D eigenvalue weighted by Gasteiger charge is -2.16. The summed E-state index contributed by atoms with van der Waals surface area (Å²) >= 11 is 0. The van der Waals surface area contributed by atoms with Crippen LogP contribution in [0.3, 0.4) is 0 Å². The van der Waals surface area contributed by atoms with Crippen molar-refractivity contribution in [3.8, 4) is 28.0 Å². The first-order valence-electron chi connectivity index (χ1n) is 8.62. The van der Waals surface area contributed by atoms with Crippen LogP contribution >= 0.6 is 0 Å². The molecular weight excluding hydrogens is 360 g/mol. The van der Waals surface area contributed by atoms with Gasteiger partial charge in [0.2, 0.25) is 0 Å². The predicted molar refractivity (Wildman–Crippen MR) is 109 cm³/mol. The van der Waals surface area contributed by atoms with Gasteiger partial charge in [-0.2, -0.15) is 0 Å². The van der Waals surface area contributed by atoms with Gasteiger partial charge in [-0.25, -0.2) is 13.4 Å². The molecule has 0 saturated heterocycles. The fourth-order valence-corrected chi connectivity index (χ4v) is 4.05. The monoisotopic (exact) mass is 382 g/mol. The Labute approximate surface area is 159 Å². The maximum Gasteiger partial charge on any atom is 0.151 e. The van der Waals surface area contributed by atoms with E-state index in [1.165, 1.54) is 6.26 Å². The quantitative estimate of drug-likeness (QED) is 0.700. The molecule has 3 aromatic rings. The highest BCUT2D eigenvalue weighted by Gasteiger charge is 2.16. The van der Waals surface area contributed by atoms with Crippen molar-refractivity contribution in [2.45, 2.75) is 19.1 Å². The van der Waals surface area contributed by atoms with Gasteiger partial charge in [-0.05, 0) is 46.9 Å². The van der Waals surface area contributed by atoms with E-state index in [2.05, 4.69) is 4.98 Å². The molecule has 0 saturated carbocycles. The molecular formula is C21H22N2O3S. The Hall–Kier alpha value is -2.86. The van der Waals surface area contributed by atoms with Crippen LogP contribution in [-0.2, 0) is 22.0 Å². The molecule has 0 radical (unpaired) electrons. The Morgan fingerprint density at radius 1 is 1.07 bits per heavy atom. The van der Waals surface area contributed by atoms with E-state index in [1.807, 2.05) is 37.3 Å². The van der Waals surface area contributed by atoms with E-state index in [0.29, 0.717) is 11.4 Å². The van der Waals surface area contributed by atoms with Gasteiger partial charge in [0, 0.05) is 23.6 Å². The molecule has 1 heterocycles. The molecule has 0 aliphatic heterocycles. The van der Waals surface area contributed by atoms with E-state index >= 15 is 0 Å². The number of pyridine rings is 1. The first kappa shape index (κ1) is 18.9. The third-order valence-electron chi connectivity index (χ3n) is 4.39. The largest absolute Gasteiger partial charge is 0.508 e. The highest BCUT2D eigenvalue weighted by atomic mass is 32.2. The van der Waals surface area contributed by atoms with Crippen LogP contribution in [0.2, 0.25) is 0 Å². The van der Waals surface area contributed by atoms with Crippen LogP contribution in [0.25, 0.3) is 22.3 Å². The van der Waals surface area contributed by atoms with Gasteiger partial charge in [-0.15, -0.1) is 0 Å². The number of hydrogen-bond donors (Lipinski definition) is 2. The number of anilines is 1. The number of nitrogens with zero attached hydrogens (tertiary/aromatic N) is 1. The van der Waals surface area contributed by atoms with Crippen molar-refractivity contribution in [3.05, 3.63) is 65.9 Å². The first-order chi connectivity index (χ1) is 12.8. The predicted octanol–water partition coefficient (Wildman–Crippen LogP) is 3.81. The summed E-state index contributed by atoms with van der Waals surface area (Å²) in [7, 11) is -3.13. The summed E-state index contributed by atoms with van der Waals surface area (Å²) in [6, 6.07) is 14.4. The molecule has 0 bridgehead atoms. The Bertz CT molecular complexity index is 1080. The average Bonchev–Trinajstić information content (AvgIpc) is 2.61. The molecule has 0 unspecified atom stereocenters. The summed E-state index contributed by atoms with van der Waals surface area (Å²) < 4.78 is 23.3. The third-order valence-corrected chi connectivity index (χ3v) is 5.25. The molecule has 3 rings (SSSR count). The maximum atomic E-state index is 11.6. The second kappa shape index (κ2) is 7.40. The van der Waals surface area contributed by atoms with Crippen molar-refractivity contribution in [1.29, 1.82) is 0 Å². The van der Waals surface area contributed by atoms with E-state index < -0.39 is 9.84 Å². The maximum absolute atomic E-state index is 11.6. The molecule has 140 valence electrons. The lowest BCUT2D eigenvalue weighted by molar-refractivity contribution is 0.475. The summed E-state index contributed by atoms with van der Waals surface area (Å²) in [5.74, 6) is 0.590. The Morgan fingerprint density at radius 3 is 2.41 bits per heavy atom. The van der Waals surface area contributed by atoms with Gasteiger partial charge in [0.05, 0.1) is 5.75 Å². The second-order valence-corrected chi connectivity index (χ2v) is 8.72. The normalized spacial score (nSPS) is 11.5. The topological polar surface area (TPSA) is 93.3 Å². The number of phenols is 1. The Kier molecular flexibility index (Phi) is 5.19. The van der Waals surface area contributed by atoms with Gasteiger partial charge >= 0.3 is 0 Å². The smallest absolute Gasteiger partial charge is 0.151 e. The van der Waals surface area contributed by atoms with E-state index in [0.717, 1.165) is 34.2 Å². The molecule has 0 spiro atoms. The zero-order valence-corrected chi connectivity index (χ0v) is 16.1. The van der Waals surface area contributed by atoms with Gasteiger partial charge < -0.3 is 10.8 Å². The van der Waals surface area contributed by atoms with Crippen molar-refractivity contribution < 1.29 is 13.5 Å². The first-order valence-corrected chi connectivity index (χ1v) is 10.7. The Morgan fingerprint density at radius 2 is 1.78 bits per heavy atom. The molecule has 27 heavy (non-hydrogen) atoms. The lowest BCUT2D eigenvalue weighted by Crippen LogP contribution is -2.03. The molecule has 0 fully saturated rings. The Balaban J connectivity index is 2.17. The van der Waals surface area contributed by atoms with E-state index in [4.69, 9.17) is 5.73 Å². The van der Waals surface area contributed by atoms with E-state index in [9.17, 15) is 13.5 Å². The van der Waals surface area contributed by atoms with E-state index in [-0.39, 0.29) is 11.5 Å². The molecule has 5 nitrogen and oxygen atoms in total. The minimum atomic E-state index is -3.13. The van der Waals surface area contributed by atoms with Crippen molar-refractivity contribution in [3.63, 3.8) is 0 Å². The van der Waals surface area contributed by atoms with Crippen LogP contribution in [0.1, 0.15) is 18.1 Å². The zero-order chi connectivity index (χ0) is 19.6. The van der Waals surface area contributed by atoms with Crippen LogP contribution in [0, 0.1) is 0 Å². The van der Waals surface area contributed by atoms with Gasteiger partial charge in [0.1, 0.15) is 11.6 Å². The van der Waals surface area contributed by atoms with Gasteiger partial charge in [0.15, 0.2) is 9.84 Å². The van der Waals surface area contributed by atoms with Crippen LogP contribution in [-0.4, -0.2) is 24.8 Å². The van der Waals surface area contributed by atoms with Gasteiger partial charge in [-0.3, -0.25) is 0 Å². The molecule has 3 N–H and O–H groups in total. The minimum absolute atomic E-state index is 0.0206. The molecule has 2 aromatic carbocycles. The number of aromatic hydroxyl groups is 1. The molecule has 0 amide bonds. The fourth-order valence-electron chi connectivity index (χ4n) is 3.26. The third kappa shape index (κ3) is 4.28. The SMILES string of the molecule is CCc1c(-c2ccc(O)cc2)cnc(N)c1-c1cccc(CS(C)(=O)=O)c1. The van der Waals surface area contributed by atoms with Crippen LogP contribution in [0.4, 0.5) is 5.82 Å². The average molecular weight is 382 g/mol. The van der Waals surface area contributed by atoms with Crippen molar-refractivity contribution in [2.75, 3.05) is 12.0 Å². The molecule has 1 aromatic heterocycles. The zero-order valence-electron chi connectivity index (χ0n) is 15.3. The second-order valence-electron chi connectivity index (χ2n) is 6.58. The number of phenolic OH excluding ortho intramolecular Hbond substituents is 1. The highest BCUT2D eigenvalue weighted by molar-refractivity contribution is 7.89. The summed E-state index contributed by atoms with van der Waals surface area (Å²) in [5.41, 5.74) is 11.5. The highest BCUT2D eigenvalue weighted by Crippen LogP contribution is 2.36. The summed E-state index contributed by atoms with van der Waals surface area (Å²) in [6.07, 6.45) is 3.69. The fraction of sp³-hybridized carbons (Fsp3) is 0.190. The van der Waals surface area contributed by atoms with Crippen molar-refractivity contribution in [1.82, 2.24) is 4.98 Å². The molecule has 6 heteroatoms. The minimum Gasteiger partial charge on any atom is -0.508 e. The number of hydrogen-bond acceptors (Lipinski definition) is 5. The summed E-state index contributed by atoms with van der Waals surface area (Å²) in [6.45, 7) is 2.04. The lowest BCUT2D eigenvalue weighted by atomic mass is 9.91. The number of aromatic nitrogens is 1. The summed E-state index contributed by atoms with van der Waals surface area (Å²) in [4.78, 5) is 4.36. The van der Waals surface area contributed by atoms with E-state index in [1.54, 1.807) is 24.4 Å². The summed E-state index contributed by atoms with van der Waals surface area (Å²) in [5, 5.41) is 9.55. The number of nitrogen functional groups attached to an aromatic ring is 1. The van der Waals surface area contributed by atoms with Crippen LogP contribution < -0.4 is 5.73 Å². The van der Waals surface area contributed by atoms with Gasteiger partial charge in [-0.1, -0.05) is 37.3 Å².